The van der Waals surface area contributed by atoms with Crippen LogP contribution in [0, 0.1) is 0 Å². The smallest absolute Gasteiger partial charge is 0.346 e. The minimum atomic E-state index is -4.14. The van der Waals surface area contributed by atoms with Crippen molar-refractivity contribution in [2.24, 2.45) is 0 Å². The highest BCUT2D eigenvalue weighted by Crippen LogP contribution is 2.32. The maximum Gasteiger partial charge on any atom is 0.346 e. The quantitative estimate of drug-likeness (QED) is 0.671. The molecule has 2 aliphatic rings. The van der Waals surface area contributed by atoms with E-state index in [1.807, 2.05) is 30.3 Å². The topological polar surface area (TPSA) is 93.2 Å². The van der Waals surface area contributed by atoms with Crippen molar-refractivity contribution in [2.45, 2.75) is 36.4 Å². The molecule has 8 nitrogen and oxygen atoms in total. The largest absolute Gasteiger partial charge is 0.459 e. The molecule has 2 fully saturated rings. The second-order valence-electron chi connectivity index (χ2n) is 6.94. The number of piperidine rings is 1. The number of hydrogen-bond donors (Lipinski definition) is 0. The predicted molar refractivity (Wildman–Crippen MR) is 102 cm³/mol. The molecule has 0 aromatic heterocycles. The number of carbonyl (C=O) groups excluding carboxylic acids is 2. The van der Waals surface area contributed by atoms with Crippen LogP contribution >= 0.6 is 0 Å². The van der Waals surface area contributed by atoms with Crippen LogP contribution < -0.4 is 0 Å². The molecule has 2 atom stereocenters. The van der Waals surface area contributed by atoms with Gasteiger partial charge in [-0.25, -0.2) is 9.59 Å². The average Bonchev–Trinajstić information content (AvgIpc) is 2.98. The van der Waals surface area contributed by atoms with E-state index in [9.17, 15) is 18.0 Å². The summed E-state index contributed by atoms with van der Waals surface area (Å²) in [6.07, 6.45) is 0.826. The zero-order chi connectivity index (χ0) is 20.4. The Kier molecular flexibility index (Phi) is 5.25. The third-order valence-electron chi connectivity index (χ3n) is 5.03. The minimum absolute atomic E-state index is 0.0388. The van der Waals surface area contributed by atoms with Crippen molar-refractivity contribution in [1.82, 2.24) is 9.96 Å². The molecule has 2 aromatic rings. The number of nitrogens with zero attached hydrogens (tertiary/aromatic N) is 2. The van der Waals surface area contributed by atoms with Gasteiger partial charge < -0.3 is 9.64 Å². The SMILES string of the molecule is O=C(OCc1ccccc1)[C@@H]1CC[C@@H]2CN1C(=O)N2OS(=O)(=O)c1ccccc1. The molecule has 29 heavy (non-hydrogen) atoms. The molecule has 0 unspecified atom stereocenters. The van der Waals surface area contributed by atoms with Crippen LogP contribution in [0.5, 0.6) is 0 Å². The maximum absolute atomic E-state index is 12.7. The first-order chi connectivity index (χ1) is 14.0. The molecular formula is C20H20N2O6S. The van der Waals surface area contributed by atoms with E-state index in [0.717, 1.165) is 10.6 Å². The molecule has 2 aliphatic heterocycles. The average molecular weight is 416 g/mol. The molecule has 9 heteroatoms. The summed E-state index contributed by atoms with van der Waals surface area (Å²) in [4.78, 5) is 26.5. The van der Waals surface area contributed by atoms with E-state index >= 15 is 0 Å². The van der Waals surface area contributed by atoms with E-state index in [0.29, 0.717) is 12.8 Å². The van der Waals surface area contributed by atoms with E-state index in [2.05, 4.69) is 0 Å². The van der Waals surface area contributed by atoms with Crippen molar-refractivity contribution < 1.29 is 27.0 Å². The van der Waals surface area contributed by atoms with Gasteiger partial charge in [-0.2, -0.15) is 13.5 Å². The van der Waals surface area contributed by atoms with Crippen LogP contribution in [0.15, 0.2) is 65.6 Å². The summed E-state index contributed by atoms with van der Waals surface area (Å²) in [5.41, 5.74) is 0.848. The van der Waals surface area contributed by atoms with Gasteiger partial charge in [0.15, 0.2) is 0 Å². The van der Waals surface area contributed by atoms with Gasteiger partial charge >= 0.3 is 22.1 Å². The number of hydrogen-bond acceptors (Lipinski definition) is 6. The Labute approximate surface area is 168 Å². The fourth-order valence-electron chi connectivity index (χ4n) is 3.54. The number of rotatable bonds is 6. The molecule has 2 heterocycles. The second kappa shape index (κ2) is 7.84. The zero-order valence-corrected chi connectivity index (χ0v) is 16.3. The molecule has 152 valence electrons. The molecule has 0 radical (unpaired) electrons. The van der Waals surface area contributed by atoms with Crippen LogP contribution in [0.1, 0.15) is 18.4 Å². The Morgan fingerprint density at radius 1 is 1.00 bits per heavy atom. The third-order valence-corrected chi connectivity index (χ3v) is 6.24. The van der Waals surface area contributed by atoms with Gasteiger partial charge in [-0.3, -0.25) is 0 Å². The number of benzene rings is 2. The number of esters is 1. The minimum Gasteiger partial charge on any atom is -0.459 e. The first-order valence-corrected chi connectivity index (χ1v) is 10.7. The molecule has 0 saturated carbocycles. The Morgan fingerprint density at radius 2 is 1.66 bits per heavy atom. The number of hydroxylamine groups is 2. The Bertz CT molecular complexity index is 996. The molecule has 4 rings (SSSR count). The lowest BCUT2D eigenvalue weighted by molar-refractivity contribution is -0.151. The van der Waals surface area contributed by atoms with Gasteiger partial charge in [-0.15, -0.1) is 4.28 Å². The summed E-state index contributed by atoms with van der Waals surface area (Å²) in [6, 6.07) is 15.0. The fraction of sp³-hybridized carbons (Fsp3) is 0.300. The summed E-state index contributed by atoms with van der Waals surface area (Å²) in [7, 11) is -4.14. The Hall–Kier alpha value is -2.91. The highest BCUT2D eigenvalue weighted by atomic mass is 32.2. The van der Waals surface area contributed by atoms with Gasteiger partial charge in [0.1, 0.15) is 12.6 Å². The molecule has 2 amide bonds. The molecule has 0 aliphatic carbocycles. The molecule has 2 saturated heterocycles. The lowest BCUT2D eigenvalue weighted by Crippen LogP contribution is -2.45. The van der Waals surface area contributed by atoms with Crippen molar-refractivity contribution in [3.8, 4) is 0 Å². The highest BCUT2D eigenvalue weighted by Gasteiger charge is 2.50. The first kappa shape index (κ1) is 19.4. The van der Waals surface area contributed by atoms with Gasteiger partial charge in [0.05, 0.1) is 10.9 Å². The van der Waals surface area contributed by atoms with E-state index in [1.165, 1.54) is 17.0 Å². The van der Waals surface area contributed by atoms with Gasteiger partial charge in [0, 0.05) is 6.54 Å². The van der Waals surface area contributed by atoms with E-state index in [1.54, 1.807) is 18.2 Å². The number of fused-ring (bicyclic) bond motifs is 2. The number of ether oxygens (including phenoxy) is 1. The van der Waals surface area contributed by atoms with Crippen molar-refractivity contribution in [2.75, 3.05) is 6.54 Å². The van der Waals surface area contributed by atoms with Crippen molar-refractivity contribution >= 4 is 22.1 Å². The predicted octanol–water partition coefficient (Wildman–Crippen LogP) is 2.32. The molecule has 2 bridgehead atoms. The Balaban J connectivity index is 1.43. The molecule has 2 aromatic carbocycles. The number of urea groups is 1. The lowest BCUT2D eigenvalue weighted by atomic mass is 10.0. The summed E-state index contributed by atoms with van der Waals surface area (Å²) >= 11 is 0. The van der Waals surface area contributed by atoms with Crippen molar-refractivity contribution in [3.05, 3.63) is 66.2 Å². The normalized spacial score (nSPS) is 21.3. The Morgan fingerprint density at radius 3 is 2.34 bits per heavy atom. The summed E-state index contributed by atoms with van der Waals surface area (Å²) in [6.45, 7) is 0.332. The third kappa shape index (κ3) is 3.96. The van der Waals surface area contributed by atoms with Crippen LogP contribution in [0.2, 0.25) is 0 Å². The van der Waals surface area contributed by atoms with E-state index in [4.69, 9.17) is 9.02 Å². The van der Waals surface area contributed by atoms with Crippen LogP contribution in [0.25, 0.3) is 0 Å². The van der Waals surface area contributed by atoms with Crippen LogP contribution in [0.3, 0.4) is 0 Å². The van der Waals surface area contributed by atoms with Gasteiger partial charge in [-0.05, 0) is 30.5 Å². The zero-order valence-electron chi connectivity index (χ0n) is 15.5. The monoisotopic (exact) mass is 416 g/mol. The van der Waals surface area contributed by atoms with Crippen molar-refractivity contribution in [3.63, 3.8) is 0 Å². The molecule has 0 spiro atoms. The molecular weight excluding hydrogens is 396 g/mol. The van der Waals surface area contributed by atoms with Gasteiger partial charge in [0.2, 0.25) is 0 Å². The first-order valence-electron chi connectivity index (χ1n) is 9.26. The summed E-state index contributed by atoms with van der Waals surface area (Å²) < 4.78 is 35.4. The van der Waals surface area contributed by atoms with E-state index < -0.39 is 34.2 Å². The van der Waals surface area contributed by atoms with E-state index in [-0.39, 0.29) is 18.0 Å². The maximum atomic E-state index is 12.7. The van der Waals surface area contributed by atoms with Crippen LogP contribution in [-0.4, -0.2) is 49.0 Å². The second-order valence-corrected chi connectivity index (χ2v) is 8.47. The van der Waals surface area contributed by atoms with Crippen molar-refractivity contribution in [1.29, 1.82) is 0 Å². The number of amides is 2. The molecule has 0 N–H and O–H groups in total. The summed E-state index contributed by atoms with van der Waals surface area (Å²) in [5, 5.41) is 0.868. The standard InChI is InChI=1S/C20H20N2O6S/c23-19(27-14-15-7-3-1-4-8-15)18-12-11-16-13-21(18)20(24)22(16)28-29(25,26)17-9-5-2-6-10-17/h1-10,16,18H,11-14H2/t16-,18+/m1/s1. The van der Waals surface area contributed by atoms with Crippen LogP contribution in [-0.2, 0) is 30.5 Å². The van der Waals surface area contributed by atoms with Crippen LogP contribution in [0.4, 0.5) is 4.79 Å². The number of carbonyl (C=O) groups is 2. The highest BCUT2D eigenvalue weighted by molar-refractivity contribution is 7.86. The fourth-order valence-corrected chi connectivity index (χ4v) is 4.51. The lowest BCUT2D eigenvalue weighted by Gasteiger charge is -2.28. The van der Waals surface area contributed by atoms with Gasteiger partial charge in [0.25, 0.3) is 0 Å². The summed E-state index contributed by atoms with van der Waals surface area (Å²) in [5.74, 6) is -0.506. The van der Waals surface area contributed by atoms with Gasteiger partial charge in [-0.1, -0.05) is 48.5 Å².